The maximum absolute atomic E-state index is 12.4. The van der Waals surface area contributed by atoms with Crippen molar-refractivity contribution in [3.8, 4) is 0 Å². The lowest BCUT2D eigenvalue weighted by atomic mass is 9.96. The van der Waals surface area contributed by atoms with E-state index in [2.05, 4.69) is 10.3 Å². The van der Waals surface area contributed by atoms with Crippen molar-refractivity contribution in [1.29, 1.82) is 0 Å². The zero-order chi connectivity index (χ0) is 18.1. The van der Waals surface area contributed by atoms with Crippen LogP contribution in [0.1, 0.15) is 12.8 Å². The fourth-order valence-corrected chi connectivity index (χ4v) is 3.97. The average molecular weight is 371 g/mol. The van der Waals surface area contributed by atoms with Crippen molar-refractivity contribution in [2.75, 3.05) is 23.3 Å². The number of thiazole rings is 1. The van der Waals surface area contributed by atoms with Crippen LogP contribution in [0.2, 0.25) is 0 Å². The van der Waals surface area contributed by atoms with Gasteiger partial charge in [-0.2, -0.15) is 9.38 Å². The van der Waals surface area contributed by atoms with Gasteiger partial charge in [-0.25, -0.2) is 0 Å². The van der Waals surface area contributed by atoms with Gasteiger partial charge in [0.1, 0.15) is 6.20 Å². The van der Waals surface area contributed by atoms with Crippen molar-refractivity contribution in [1.82, 2.24) is 9.38 Å². The lowest BCUT2D eigenvalue weighted by Gasteiger charge is -2.30. The van der Waals surface area contributed by atoms with Crippen molar-refractivity contribution in [2.45, 2.75) is 12.8 Å². The summed E-state index contributed by atoms with van der Waals surface area (Å²) in [4.78, 5) is 30.4. The van der Waals surface area contributed by atoms with Gasteiger partial charge in [0.05, 0.1) is 0 Å². The number of piperidine rings is 1. The molecule has 0 radical (unpaired) electrons. The molecule has 1 N–H and O–H groups in total. The van der Waals surface area contributed by atoms with E-state index in [1.165, 1.54) is 15.7 Å². The molecule has 0 aliphatic carbocycles. The van der Waals surface area contributed by atoms with Crippen molar-refractivity contribution < 1.29 is 9.72 Å². The molecule has 0 atom stereocenters. The maximum atomic E-state index is 12.4. The summed E-state index contributed by atoms with van der Waals surface area (Å²) in [6, 6.07) is 9.36. The molecule has 9 heteroatoms. The number of nitro groups is 1. The van der Waals surface area contributed by atoms with Crippen LogP contribution < -0.4 is 10.2 Å². The summed E-state index contributed by atoms with van der Waals surface area (Å²) in [5, 5.41) is 16.2. The van der Waals surface area contributed by atoms with Crippen LogP contribution in [0.4, 0.5) is 17.3 Å². The normalized spacial score (nSPS) is 15.3. The van der Waals surface area contributed by atoms with Gasteiger partial charge < -0.3 is 20.3 Å². The highest BCUT2D eigenvalue weighted by atomic mass is 32.1. The Balaban J connectivity index is 1.45. The first-order chi connectivity index (χ1) is 12.6. The van der Waals surface area contributed by atoms with E-state index in [9.17, 15) is 14.9 Å². The van der Waals surface area contributed by atoms with Crippen LogP contribution >= 0.6 is 11.3 Å². The number of amides is 1. The predicted octanol–water partition coefficient (Wildman–Crippen LogP) is 3.16. The molecule has 2 aromatic heterocycles. The number of hydrogen-bond donors (Lipinski definition) is 1. The fourth-order valence-electron chi connectivity index (χ4n) is 3.26. The Morgan fingerprint density at radius 2 is 2.00 bits per heavy atom. The number of para-hydroxylation sites is 1. The Morgan fingerprint density at radius 1 is 1.27 bits per heavy atom. The highest BCUT2D eigenvalue weighted by molar-refractivity contribution is 7.15. The van der Waals surface area contributed by atoms with E-state index in [0.29, 0.717) is 36.7 Å². The molecule has 3 aromatic rings. The second-order valence-corrected chi connectivity index (χ2v) is 7.06. The number of fused-ring (bicyclic) bond motifs is 1. The second-order valence-electron chi connectivity index (χ2n) is 6.19. The van der Waals surface area contributed by atoms with E-state index < -0.39 is 4.92 Å². The smallest absolute Gasteiger partial charge is 0.358 e. The first-order valence-electron chi connectivity index (χ1n) is 8.34. The van der Waals surface area contributed by atoms with E-state index in [-0.39, 0.29) is 17.6 Å². The van der Waals surface area contributed by atoms with Crippen molar-refractivity contribution >= 4 is 39.5 Å². The van der Waals surface area contributed by atoms with Gasteiger partial charge in [0, 0.05) is 30.1 Å². The lowest BCUT2D eigenvalue weighted by molar-refractivity contribution is -0.389. The minimum Gasteiger partial charge on any atom is -0.358 e. The molecule has 1 aromatic carbocycles. The van der Waals surface area contributed by atoms with Gasteiger partial charge in [-0.05, 0) is 29.9 Å². The molecule has 1 amide bonds. The third kappa shape index (κ3) is 3.01. The molecule has 0 unspecified atom stereocenters. The number of hydrogen-bond acceptors (Lipinski definition) is 6. The predicted molar refractivity (Wildman–Crippen MR) is 99.7 cm³/mol. The zero-order valence-electron chi connectivity index (χ0n) is 13.9. The molecule has 0 spiro atoms. The topological polar surface area (TPSA) is 92.8 Å². The lowest BCUT2D eigenvalue weighted by Crippen LogP contribution is -2.38. The van der Waals surface area contributed by atoms with Gasteiger partial charge in [0.25, 0.3) is 4.96 Å². The Hall–Kier alpha value is -2.94. The van der Waals surface area contributed by atoms with Crippen molar-refractivity contribution in [3.63, 3.8) is 0 Å². The maximum Gasteiger partial charge on any atom is 0.373 e. The third-order valence-electron chi connectivity index (χ3n) is 4.60. The number of nitrogens with one attached hydrogen (secondary N) is 1. The summed E-state index contributed by atoms with van der Waals surface area (Å²) in [6.45, 7) is 1.14. The van der Waals surface area contributed by atoms with Crippen LogP contribution in [0.15, 0.2) is 41.9 Å². The number of carbonyl (C=O) groups is 1. The van der Waals surface area contributed by atoms with Gasteiger partial charge in [0.2, 0.25) is 11.7 Å². The van der Waals surface area contributed by atoms with E-state index in [0.717, 1.165) is 5.69 Å². The van der Waals surface area contributed by atoms with Gasteiger partial charge in [-0.15, -0.1) is 0 Å². The molecule has 1 aliphatic rings. The molecule has 0 saturated carbocycles. The van der Waals surface area contributed by atoms with Gasteiger partial charge in [-0.3, -0.25) is 4.79 Å². The molecule has 26 heavy (non-hydrogen) atoms. The number of anilines is 2. The Bertz CT molecular complexity index is 944. The van der Waals surface area contributed by atoms with Crippen LogP contribution in [-0.2, 0) is 4.79 Å². The summed E-state index contributed by atoms with van der Waals surface area (Å²) in [5.74, 6) is 0.280. The Kier molecular flexibility index (Phi) is 4.29. The molecular weight excluding hydrogens is 354 g/mol. The van der Waals surface area contributed by atoms with Crippen molar-refractivity contribution in [3.05, 3.63) is 52.0 Å². The number of rotatable bonds is 4. The van der Waals surface area contributed by atoms with E-state index in [1.54, 1.807) is 11.6 Å². The number of carbonyl (C=O) groups excluding carboxylic acids is 1. The first kappa shape index (κ1) is 16.5. The highest BCUT2D eigenvalue weighted by Gasteiger charge is 2.32. The fraction of sp³-hybridized carbons (Fsp3) is 0.294. The molecule has 134 valence electrons. The summed E-state index contributed by atoms with van der Waals surface area (Å²) in [7, 11) is 0. The van der Waals surface area contributed by atoms with Crippen LogP contribution in [-0.4, -0.2) is 33.3 Å². The monoisotopic (exact) mass is 371 g/mol. The van der Waals surface area contributed by atoms with E-state index >= 15 is 0 Å². The molecule has 1 fully saturated rings. The standard InChI is InChI=1S/C17H17N5O3S/c23-15(18-13-4-2-1-3-5-13)12-6-8-20(9-7-12)14-16(22(24)25)21-10-11-26-17(21)19-14/h1-5,10-12H,6-9H2,(H,18,23). The van der Waals surface area contributed by atoms with Crippen LogP contribution in [0.25, 0.3) is 4.96 Å². The zero-order valence-corrected chi connectivity index (χ0v) is 14.7. The first-order valence-corrected chi connectivity index (χ1v) is 9.22. The van der Waals surface area contributed by atoms with Gasteiger partial charge in [0.15, 0.2) is 0 Å². The summed E-state index contributed by atoms with van der Waals surface area (Å²) in [6.07, 6.45) is 2.94. The van der Waals surface area contributed by atoms with Gasteiger partial charge >= 0.3 is 5.82 Å². The number of aromatic nitrogens is 2. The van der Waals surface area contributed by atoms with E-state index in [1.807, 2.05) is 35.2 Å². The molecule has 1 saturated heterocycles. The molecule has 8 nitrogen and oxygen atoms in total. The van der Waals surface area contributed by atoms with E-state index in [4.69, 9.17) is 0 Å². The molecule has 0 bridgehead atoms. The molecular formula is C17H17N5O3S. The SMILES string of the molecule is O=C(Nc1ccccc1)C1CCN(c2nc3sccn3c2[N+](=O)[O-])CC1. The van der Waals surface area contributed by atoms with Crippen LogP contribution in [0, 0.1) is 16.0 Å². The quantitative estimate of drug-likeness (QED) is 0.562. The Morgan fingerprint density at radius 3 is 2.69 bits per heavy atom. The summed E-state index contributed by atoms with van der Waals surface area (Å²) < 4.78 is 1.51. The summed E-state index contributed by atoms with van der Waals surface area (Å²) >= 11 is 1.37. The minimum absolute atomic E-state index is 0.00354. The Labute approximate surface area is 153 Å². The third-order valence-corrected chi connectivity index (χ3v) is 5.36. The van der Waals surface area contributed by atoms with Crippen LogP contribution in [0.3, 0.4) is 0 Å². The van der Waals surface area contributed by atoms with Crippen molar-refractivity contribution in [2.24, 2.45) is 5.92 Å². The number of benzene rings is 1. The highest BCUT2D eigenvalue weighted by Crippen LogP contribution is 2.33. The second kappa shape index (κ2) is 6.75. The molecule has 1 aliphatic heterocycles. The number of nitrogens with zero attached hydrogens (tertiary/aromatic N) is 4. The van der Waals surface area contributed by atoms with Gasteiger partial charge in [-0.1, -0.05) is 29.5 Å². The summed E-state index contributed by atoms with van der Waals surface area (Å²) in [5.41, 5.74) is 0.782. The average Bonchev–Trinajstić information content (AvgIpc) is 3.23. The van der Waals surface area contributed by atoms with Crippen LogP contribution in [0.5, 0.6) is 0 Å². The molecule has 4 rings (SSSR count). The molecule has 3 heterocycles. The number of imidazole rings is 1. The minimum atomic E-state index is -0.393. The largest absolute Gasteiger partial charge is 0.373 e.